The van der Waals surface area contributed by atoms with Crippen molar-refractivity contribution < 1.29 is 9.47 Å². The smallest absolute Gasteiger partial charge is 0.135 e. The van der Waals surface area contributed by atoms with E-state index in [-0.39, 0.29) is 0 Å². The summed E-state index contributed by atoms with van der Waals surface area (Å²) in [6.45, 7) is 3.68. The first-order valence-electron chi connectivity index (χ1n) is 5.68. The van der Waals surface area contributed by atoms with Gasteiger partial charge in [-0.1, -0.05) is 29.3 Å². The molecule has 0 aliphatic heterocycles. The zero-order chi connectivity index (χ0) is 13.4. The summed E-state index contributed by atoms with van der Waals surface area (Å²) in [7, 11) is 3.37. The van der Waals surface area contributed by atoms with Crippen LogP contribution in [-0.2, 0) is 16.0 Å². The van der Waals surface area contributed by atoms with Gasteiger partial charge in [-0.25, -0.2) is 4.98 Å². The van der Waals surface area contributed by atoms with Crippen molar-refractivity contribution in [1.29, 1.82) is 0 Å². The Morgan fingerprint density at radius 3 is 2.22 bits per heavy atom. The van der Waals surface area contributed by atoms with Gasteiger partial charge in [0.05, 0.1) is 13.2 Å². The van der Waals surface area contributed by atoms with Crippen LogP contribution in [0.25, 0.3) is 0 Å². The molecule has 18 heavy (non-hydrogen) atoms. The molecule has 0 bridgehead atoms. The first-order chi connectivity index (χ1) is 8.67. The molecule has 0 unspecified atom stereocenters. The van der Waals surface area contributed by atoms with Gasteiger partial charge >= 0.3 is 0 Å². The molecule has 0 fully saturated rings. The molecule has 0 saturated heterocycles. The fraction of sp³-hybridized carbons (Fsp3) is 0.583. The molecule has 0 amide bonds. The normalized spacial score (nSPS) is 11.2. The molecular formula is C12H18Cl2N2O2. The molecule has 0 aromatic carbocycles. The molecule has 102 valence electrons. The van der Waals surface area contributed by atoms with E-state index in [2.05, 4.69) is 9.88 Å². The molecule has 0 aliphatic carbocycles. The van der Waals surface area contributed by atoms with Crippen LogP contribution in [0.1, 0.15) is 5.56 Å². The maximum absolute atomic E-state index is 6.06. The number of hydrogen-bond donors (Lipinski definition) is 0. The maximum atomic E-state index is 6.06. The monoisotopic (exact) mass is 292 g/mol. The van der Waals surface area contributed by atoms with E-state index in [1.807, 2.05) is 6.07 Å². The third-order valence-electron chi connectivity index (χ3n) is 2.51. The van der Waals surface area contributed by atoms with Crippen molar-refractivity contribution in [2.45, 2.75) is 6.54 Å². The lowest BCUT2D eigenvalue weighted by molar-refractivity contribution is 0.110. The van der Waals surface area contributed by atoms with Crippen LogP contribution >= 0.6 is 23.2 Å². The molecule has 1 aromatic heterocycles. The summed E-state index contributed by atoms with van der Waals surface area (Å²) < 4.78 is 10.2. The molecule has 0 saturated carbocycles. The van der Waals surface area contributed by atoms with E-state index < -0.39 is 0 Å². The minimum absolute atomic E-state index is 0.407. The number of hydrogen-bond acceptors (Lipinski definition) is 4. The van der Waals surface area contributed by atoms with Gasteiger partial charge in [-0.2, -0.15) is 0 Å². The first-order valence-corrected chi connectivity index (χ1v) is 6.44. The third kappa shape index (κ3) is 5.50. The van der Waals surface area contributed by atoms with Crippen LogP contribution < -0.4 is 0 Å². The highest BCUT2D eigenvalue weighted by molar-refractivity contribution is 6.32. The summed E-state index contributed by atoms with van der Waals surface area (Å²) in [5.41, 5.74) is 0.952. The highest BCUT2D eigenvalue weighted by Crippen LogP contribution is 2.18. The summed E-state index contributed by atoms with van der Waals surface area (Å²) in [4.78, 5) is 6.23. The van der Waals surface area contributed by atoms with Crippen LogP contribution in [0, 0.1) is 0 Å². The van der Waals surface area contributed by atoms with Gasteiger partial charge in [-0.3, -0.25) is 4.90 Å². The van der Waals surface area contributed by atoms with Crippen molar-refractivity contribution in [2.24, 2.45) is 0 Å². The Hall–Kier alpha value is -0.390. The van der Waals surface area contributed by atoms with Crippen molar-refractivity contribution in [3.05, 3.63) is 28.0 Å². The van der Waals surface area contributed by atoms with E-state index >= 15 is 0 Å². The molecule has 0 radical (unpaired) electrons. The zero-order valence-electron chi connectivity index (χ0n) is 10.7. The van der Waals surface area contributed by atoms with Crippen LogP contribution in [0.3, 0.4) is 0 Å². The quantitative estimate of drug-likeness (QED) is 0.690. The molecule has 1 heterocycles. The average Bonchev–Trinajstić information content (AvgIpc) is 2.35. The standard InChI is InChI=1S/C12H18Cl2N2O2/c1-17-7-5-16(6-8-18-2)9-10-3-4-11(13)15-12(10)14/h3-4H,5-9H2,1-2H3. The number of ether oxygens (including phenoxy) is 2. The summed E-state index contributed by atoms with van der Waals surface area (Å²) >= 11 is 11.8. The third-order valence-corrected chi connectivity index (χ3v) is 3.05. The first kappa shape index (κ1) is 15.7. The fourth-order valence-electron chi connectivity index (χ4n) is 1.51. The van der Waals surface area contributed by atoms with Crippen LogP contribution in [0.5, 0.6) is 0 Å². The second-order valence-corrected chi connectivity index (χ2v) is 4.59. The number of nitrogens with zero attached hydrogens (tertiary/aromatic N) is 2. The largest absolute Gasteiger partial charge is 0.383 e. The van der Waals surface area contributed by atoms with Crippen molar-refractivity contribution in [3.63, 3.8) is 0 Å². The topological polar surface area (TPSA) is 34.6 Å². The van der Waals surface area contributed by atoms with E-state index in [4.69, 9.17) is 32.7 Å². The SMILES string of the molecule is COCCN(CCOC)Cc1ccc(Cl)nc1Cl. The van der Waals surface area contributed by atoms with Crippen molar-refractivity contribution in [3.8, 4) is 0 Å². The number of rotatable bonds is 8. The Morgan fingerprint density at radius 1 is 1.11 bits per heavy atom. The molecular weight excluding hydrogens is 275 g/mol. The second-order valence-electron chi connectivity index (χ2n) is 3.85. The Kier molecular flexibility index (Phi) is 7.54. The van der Waals surface area contributed by atoms with Crippen molar-refractivity contribution in [2.75, 3.05) is 40.5 Å². The number of methoxy groups -OCH3 is 2. The van der Waals surface area contributed by atoms with E-state index in [1.165, 1.54) is 0 Å². The lowest BCUT2D eigenvalue weighted by Gasteiger charge is -2.21. The van der Waals surface area contributed by atoms with Gasteiger partial charge in [0.15, 0.2) is 0 Å². The van der Waals surface area contributed by atoms with Gasteiger partial charge in [0.1, 0.15) is 10.3 Å². The van der Waals surface area contributed by atoms with Gasteiger partial charge in [0, 0.05) is 39.4 Å². The highest BCUT2D eigenvalue weighted by atomic mass is 35.5. The Balaban J connectivity index is 2.62. The maximum Gasteiger partial charge on any atom is 0.135 e. The lowest BCUT2D eigenvalue weighted by Crippen LogP contribution is -2.30. The van der Waals surface area contributed by atoms with Crippen LogP contribution in [0.2, 0.25) is 10.3 Å². The van der Waals surface area contributed by atoms with Crippen molar-refractivity contribution >= 4 is 23.2 Å². The zero-order valence-corrected chi connectivity index (χ0v) is 12.2. The van der Waals surface area contributed by atoms with Crippen LogP contribution in [-0.4, -0.2) is 50.4 Å². The molecule has 1 aromatic rings. The lowest BCUT2D eigenvalue weighted by atomic mass is 10.2. The molecule has 0 N–H and O–H groups in total. The minimum Gasteiger partial charge on any atom is -0.383 e. The van der Waals surface area contributed by atoms with Gasteiger partial charge in [-0.15, -0.1) is 0 Å². The van der Waals surface area contributed by atoms with Gasteiger partial charge in [0.2, 0.25) is 0 Å². The van der Waals surface area contributed by atoms with Crippen LogP contribution in [0.15, 0.2) is 12.1 Å². The Labute approximate surface area is 118 Å². The fourth-order valence-corrected chi connectivity index (χ4v) is 1.92. The molecule has 1 rings (SSSR count). The summed E-state index contributed by atoms with van der Waals surface area (Å²) in [6, 6.07) is 3.64. The summed E-state index contributed by atoms with van der Waals surface area (Å²) in [5.74, 6) is 0. The van der Waals surface area contributed by atoms with Gasteiger partial charge in [0.25, 0.3) is 0 Å². The number of aromatic nitrogens is 1. The number of halogens is 2. The predicted octanol–water partition coefficient (Wildman–Crippen LogP) is 2.48. The average molecular weight is 293 g/mol. The van der Waals surface area contributed by atoms with E-state index in [0.717, 1.165) is 18.7 Å². The van der Waals surface area contributed by atoms with Crippen molar-refractivity contribution in [1.82, 2.24) is 9.88 Å². The number of pyridine rings is 1. The van der Waals surface area contributed by atoms with E-state index in [9.17, 15) is 0 Å². The second kappa shape index (κ2) is 8.67. The molecule has 0 atom stereocenters. The highest BCUT2D eigenvalue weighted by Gasteiger charge is 2.09. The predicted molar refractivity (Wildman–Crippen MR) is 73.3 cm³/mol. The molecule has 4 nitrogen and oxygen atoms in total. The Bertz CT molecular complexity index is 356. The summed E-state index contributed by atoms with van der Waals surface area (Å²) in [6.07, 6.45) is 0. The molecule has 6 heteroatoms. The molecule has 0 spiro atoms. The summed E-state index contributed by atoms with van der Waals surface area (Å²) in [5, 5.41) is 0.853. The Morgan fingerprint density at radius 2 is 1.72 bits per heavy atom. The van der Waals surface area contributed by atoms with E-state index in [0.29, 0.717) is 30.1 Å². The van der Waals surface area contributed by atoms with Gasteiger partial charge in [-0.05, 0) is 6.07 Å². The molecule has 0 aliphatic rings. The van der Waals surface area contributed by atoms with Gasteiger partial charge < -0.3 is 9.47 Å². The van der Waals surface area contributed by atoms with E-state index in [1.54, 1.807) is 20.3 Å². The van der Waals surface area contributed by atoms with Crippen LogP contribution in [0.4, 0.5) is 0 Å². The minimum atomic E-state index is 0.407.